The van der Waals surface area contributed by atoms with Crippen LogP contribution in [0.3, 0.4) is 0 Å². The molecule has 0 amide bonds. The molecule has 3 nitrogen and oxygen atoms in total. The van der Waals surface area contributed by atoms with Crippen molar-refractivity contribution in [2.45, 2.75) is 13.3 Å². The van der Waals surface area contributed by atoms with Crippen LogP contribution < -0.4 is 5.32 Å². The molecule has 1 N–H and O–H groups in total. The molecule has 0 aliphatic carbocycles. The van der Waals surface area contributed by atoms with Gasteiger partial charge in [0.05, 0.1) is 5.57 Å². The Morgan fingerprint density at radius 3 is 2.31 bits per heavy atom. The smallest absolute Gasteiger partial charge is 0.153 e. The van der Waals surface area contributed by atoms with Gasteiger partial charge < -0.3 is 5.32 Å². The summed E-state index contributed by atoms with van der Waals surface area (Å²) in [5.41, 5.74) is 2.03. The molecule has 0 bridgehead atoms. The van der Waals surface area contributed by atoms with Gasteiger partial charge in [-0.3, -0.25) is 9.59 Å². The Balaban J connectivity index is 2.74. The first-order chi connectivity index (χ1) is 7.80. The van der Waals surface area contributed by atoms with Crippen LogP contribution in [0.15, 0.2) is 29.8 Å². The highest BCUT2D eigenvalue weighted by Crippen LogP contribution is 2.11. The second kappa shape index (κ2) is 6.56. The van der Waals surface area contributed by atoms with Crippen molar-refractivity contribution >= 4 is 24.3 Å². The van der Waals surface area contributed by atoms with Gasteiger partial charge in [0, 0.05) is 12.2 Å². The third-order valence-corrected chi connectivity index (χ3v) is 2.10. The van der Waals surface area contributed by atoms with Crippen LogP contribution in [0, 0.1) is 0 Å². The number of carbonyl (C=O) groups excluding carboxylic acids is 2. The summed E-state index contributed by atoms with van der Waals surface area (Å²) < 4.78 is 0. The predicted molar refractivity (Wildman–Crippen MR) is 65.3 cm³/mol. The normalized spacial score (nSPS) is 9.31. The number of aldehydes is 2. The van der Waals surface area contributed by atoms with E-state index >= 15 is 0 Å². The molecule has 0 fully saturated rings. The Labute approximate surface area is 95.2 Å². The number of benzene rings is 1. The second-order valence-corrected chi connectivity index (χ2v) is 3.43. The molecule has 1 rings (SSSR count). The van der Waals surface area contributed by atoms with E-state index in [9.17, 15) is 9.59 Å². The average molecular weight is 217 g/mol. The monoisotopic (exact) mass is 217 g/mol. The van der Waals surface area contributed by atoms with Gasteiger partial charge in [-0.1, -0.05) is 19.1 Å². The molecule has 0 radical (unpaired) electrons. The SMILES string of the molecule is CCCNc1ccc(C=C(C=O)C=O)cc1. The van der Waals surface area contributed by atoms with Crippen molar-refractivity contribution in [3.63, 3.8) is 0 Å². The van der Waals surface area contributed by atoms with Gasteiger partial charge in [-0.25, -0.2) is 0 Å². The number of rotatable bonds is 6. The molecule has 0 aliphatic rings. The van der Waals surface area contributed by atoms with Gasteiger partial charge in [-0.05, 0) is 30.2 Å². The lowest BCUT2D eigenvalue weighted by Crippen LogP contribution is -1.98. The number of carbonyl (C=O) groups is 2. The van der Waals surface area contributed by atoms with Crippen LogP contribution in [0.25, 0.3) is 6.08 Å². The van der Waals surface area contributed by atoms with Crippen molar-refractivity contribution < 1.29 is 9.59 Å². The first-order valence-corrected chi connectivity index (χ1v) is 5.26. The predicted octanol–water partition coefficient (Wildman–Crippen LogP) is 2.29. The summed E-state index contributed by atoms with van der Waals surface area (Å²) >= 11 is 0. The summed E-state index contributed by atoms with van der Waals surface area (Å²) in [6.07, 6.45) is 3.73. The largest absolute Gasteiger partial charge is 0.385 e. The first-order valence-electron chi connectivity index (χ1n) is 5.26. The number of hydrogen-bond acceptors (Lipinski definition) is 3. The van der Waals surface area contributed by atoms with Gasteiger partial charge in [0.15, 0.2) is 12.6 Å². The lowest BCUT2D eigenvalue weighted by atomic mass is 10.1. The molecule has 0 unspecified atom stereocenters. The first kappa shape index (κ1) is 12.2. The summed E-state index contributed by atoms with van der Waals surface area (Å²) in [4.78, 5) is 20.9. The van der Waals surface area contributed by atoms with E-state index in [1.807, 2.05) is 24.3 Å². The van der Waals surface area contributed by atoms with E-state index in [2.05, 4.69) is 12.2 Å². The Bertz CT molecular complexity index is 369. The van der Waals surface area contributed by atoms with E-state index in [1.54, 1.807) is 6.08 Å². The molecule has 0 spiro atoms. The van der Waals surface area contributed by atoms with Gasteiger partial charge in [-0.15, -0.1) is 0 Å². The van der Waals surface area contributed by atoms with Crippen LogP contribution in [-0.2, 0) is 9.59 Å². The summed E-state index contributed by atoms with van der Waals surface area (Å²) in [6, 6.07) is 7.58. The second-order valence-electron chi connectivity index (χ2n) is 3.43. The van der Waals surface area contributed by atoms with Crippen LogP contribution in [-0.4, -0.2) is 19.1 Å². The Morgan fingerprint density at radius 1 is 1.19 bits per heavy atom. The fourth-order valence-electron chi connectivity index (χ4n) is 1.25. The number of nitrogens with one attached hydrogen (secondary N) is 1. The van der Waals surface area contributed by atoms with E-state index < -0.39 is 0 Å². The van der Waals surface area contributed by atoms with Gasteiger partial charge in [-0.2, -0.15) is 0 Å². The molecule has 1 aromatic carbocycles. The Kier molecular flexibility index (Phi) is 4.99. The number of hydrogen-bond donors (Lipinski definition) is 1. The summed E-state index contributed by atoms with van der Waals surface area (Å²) in [5, 5.41) is 3.24. The zero-order chi connectivity index (χ0) is 11.8. The third-order valence-electron chi connectivity index (χ3n) is 2.10. The molecule has 1 aromatic rings. The van der Waals surface area contributed by atoms with Crippen LogP contribution in [0.2, 0.25) is 0 Å². The fourth-order valence-corrected chi connectivity index (χ4v) is 1.25. The molecule has 0 aliphatic heterocycles. The third kappa shape index (κ3) is 3.69. The molecule has 0 saturated heterocycles. The minimum atomic E-state index is 0.147. The van der Waals surface area contributed by atoms with Crippen LogP contribution in [0.4, 0.5) is 5.69 Å². The lowest BCUT2D eigenvalue weighted by molar-refractivity contribution is -0.109. The fraction of sp³-hybridized carbons (Fsp3) is 0.231. The maximum absolute atomic E-state index is 10.4. The van der Waals surface area contributed by atoms with Crippen LogP contribution >= 0.6 is 0 Å². The van der Waals surface area contributed by atoms with E-state index in [1.165, 1.54) is 0 Å². The van der Waals surface area contributed by atoms with E-state index in [-0.39, 0.29) is 5.57 Å². The lowest BCUT2D eigenvalue weighted by Gasteiger charge is -2.04. The Morgan fingerprint density at radius 2 is 1.81 bits per heavy atom. The molecule has 84 valence electrons. The molecule has 0 heterocycles. The highest BCUT2D eigenvalue weighted by Gasteiger charge is 1.94. The zero-order valence-corrected chi connectivity index (χ0v) is 9.27. The molecule has 0 aromatic heterocycles. The van der Waals surface area contributed by atoms with Gasteiger partial charge in [0.2, 0.25) is 0 Å². The zero-order valence-electron chi connectivity index (χ0n) is 9.27. The van der Waals surface area contributed by atoms with Gasteiger partial charge >= 0.3 is 0 Å². The van der Waals surface area contributed by atoms with Crippen LogP contribution in [0.1, 0.15) is 18.9 Å². The summed E-state index contributed by atoms with van der Waals surface area (Å²) in [6.45, 7) is 3.04. The van der Waals surface area contributed by atoms with E-state index in [0.29, 0.717) is 12.6 Å². The number of allylic oxidation sites excluding steroid dienone is 1. The molecular formula is C13H15NO2. The average Bonchev–Trinajstić information content (AvgIpc) is 2.35. The van der Waals surface area contributed by atoms with Crippen molar-refractivity contribution in [1.29, 1.82) is 0 Å². The van der Waals surface area contributed by atoms with Gasteiger partial charge in [0.1, 0.15) is 0 Å². The molecule has 16 heavy (non-hydrogen) atoms. The molecule has 0 saturated carbocycles. The molecular weight excluding hydrogens is 202 g/mol. The maximum atomic E-state index is 10.4. The van der Waals surface area contributed by atoms with Crippen molar-refractivity contribution in [2.75, 3.05) is 11.9 Å². The Hall–Kier alpha value is -1.90. The number of anilines is 1. The van der Waals surface area contributed by atoms with Crippen molar-refractivity contribution in [2.24, 2.45) is 0 Å². The maximum Gasteiger partial charge on any atom is 0.153 e. The topological polar surface area (TPSA) is 46.2 Å². The van der Waals surface area contributed by atoms with Crippen molar-refractivity contribution in [3.05, 3.63) is 35.4 Å². The molecule has 0 atom stereocenters. The quantitative estimate of drug-likeness (QED) is 0.344. The minimum absolute atomic E-state index is 0.147. The van der Waals surface area contributed by atoms with E-state index in [0.717, 1.165) is 24.2 Å². The minimum Gasteiger partial charge on any atom is -0.385 e. The highest BCUT2D eigenvalue weighted by molar-refractivity contribution is 6.04. The summed E-state index contributed by atoms with van der Waals surface area (Å²) in [5.74, 6) is 0. The highest BCUT2D eigenvalue weighted by atomic mass is 16.1. The molecule has 3 heteroatoms. The van der Waals surface area contributed by atoms with Crippen LogP contribution in [0.5, 0.6) is 0 Å². The standard InChI is InChI=1S/C13H15NO2/c1-2-7-14-13-5-3-11(4-6-13)8-12(9-15)10-16/h3-6,8-10,14H,2,7H2,1H3. The van der Waals surface area contributed by atoms with Gasteiger partial charge in [0.25, 0.3) is 0 Å². The summed E-state index contributed by atoms with van der Waals surface area (Å²) in [7, 11) is 0. The van der Waals surface area contributed by atoms with Crippen molar-refractivity contribution in [1.82, 2.24) is 0 Å². The van der Waals surface area contributed by atoms with Crippen molar-refractivity contribution in [3.8, 4) is 0 Å². The van der Waals surface area contributed by atoms with E-state index in [4.69, 9.17) is 0 Å².